The summed E-state index contributed by atoms with van der Waals surface area (Å²) in [5, 5.41) is 6.22. The molecule has 2 amide bonds. The number of hydrogen-bond acceptors (Lipinski definition) is 4. The Morgan fingerprint density at radius 3 is 2.11 bits per heavy atom. The summed E-state index contributed by atoms with van der Waals surface area (Å²) in [4.78, 5) is 28.3. The number of para-hydroxylation sites is 1. The molecular formula is C32H39N3O3. The zero-order valence-electron chi connectivity index (χ0n) is 22.8. The first kappa shape index (κ1) is 27.4. The van der Waals surface area contributed by atoms with E-state index in [0.29, 0.717) is 6.54 Å². The van der Waals surface area contributed by atoms with Crippen LogP contribution in [0.2, 0.25) is 0 Å². The Morgan fingerprint density at radius 1 is 0.868 bits per heavy atom. The average Bonchev–Trinajstić information content (AvgIpc) is 3.04. The van der Waals surface area contributed by atoms with E-state index in [2.05, 4.69) is 51.9 Å². The molecule has 1 aliphatic heterocycles. The van der Waals surface area contributed by atoms with Crippen LogP contribution >= 0.6 is 0 Å². The number of ether oxygens (including phenoxy) is 1. The van der Waals surface area contributed by atoms with Gasteiger partial charge in [0, 0.05) is 24.3 Å². The number of aryl methyl sites for hydroxylation is 1. The van der Waals surface area contributed by atoms with Gasteiger partial charge in [-0.2, -0.15) is 0 Å². The van der Waals surface area contributed by atoms with Crippen molar-refractivity contribution in [2.24, 2.45) is 0 Å². The van der Waals surface area contributed by atoms with Crippen molar-refractivity contribution in [3.63, 3.8) is 0 Å². The Balaban J connectivity index is 1.63. The number of likely N-dealkylation sites (tertiary alicyclic amines) is 1. The highest BCUT2D eigenvalue weighted by Gasteiger charge is 2.35. The lowest BCUT2D eigenvalue weighted by Gasteiger charge is -2.32. The van der Waals surface area contributed by atoms with Crippen LogP contribution in [0, 0.1) is 6.92 Å². The molecule has 3 aromatic rings. The van der Waals surface area contributed by atoms with E-state index in [4.69, 9.17) is 4.74 Å². The first-order valence-corrected chi connectivity index (χ1v) is 13.4. The van der Waals surface area contributed by atoms with Gasteiger partial charge in [-0.3, -0.25) is 9.69 Å². The van der Waals surface area contributed by atoms with Crippen LogP contribution in [0.3, 0.4) is 0 Å². The number of nitrogens with one attached hydrogen (secondary N) is 2. The first-order valence-electron chi connectivity index (χ1n) is 13.4. The third-order valence-electron chi connectivity index (χ3n) is 6.91. The molecule has 1 heterocycles. The standard InChI is InChI=1S/C32H39N3O3/c1-23-13-11-12-18-28(23)34-31(37)33-27-19-26(24-14-7-5-8-15-24)20-29(25-16-9-6-10-17-25)35(21-27)22-30(36)38-32(2,3)4/h5-18,26-27,29H,19-22H2,1-4H3,(H2,33,34,37). The van der Waals surface area contributed by atoms with E-state index in [1.54, 1.807) is 0 Å². The van der Waals surface area contributed by atoms with Crippen molar-refractivity contribution < 1.29 is 14.3 Å². The highest BCUT2D eigenvalue weighted by Crippen LogP contribution is 2.38. The molecule has 0 aromatic heterocycles. The van der Waals surface area contributed by atoms with E-state index >= 15 is 0 Å². The van der Waals surface area contributed by atoms with Crippen LogP contribution in [0.15, 0.2) is 84.9 Å². The van der Waals surface area contributed by atoms with E-state index < -0.39 is 5.60 Å². The smallest absolute Gasteiger partial charge is 0.320 e. The van der Waals surface area contributed by atoms with Crippen LogP contribution in [0.4, 0.5) is 10.5 Å². The Labute approximate surface area is 226 Å². The quantitative estimate of drug-likeness (QED) is 0.372. The topological polar surface area (TPSA) is 70.7 Å². The molecule has 0 aliphatic carbocycles. The summed E-state index contributed by atoms with van der Waals surface area (Å²) in [6.07, 6.45) is 1.59. The van der Waals surface area contributed by atoms with Gasteiger partial charge in [0.25, 0.3) is 0 Å². The highest BCUT2D eigenvalue weighted by atomic mass is 16.6. The molecule has 4 rings (SSSR count). The van der Waals surface area contributed by atoms with Gasteiger partial charge in [0.05, 0.1) is 6.54 Å². The second-order valence-corrected chi connectivity index (χ2v) is 11.1. The molecule has 0 bridgehead atoms. The number of nitrogens with zero attached hydrogens (tertiary/aromatic N) is 1. The fourth-order valence-corrected chi connectivity index (χ4v) is 5.24. The van der Waals surface area contributed by atoms with Crippen LogP contribution in [0.25, 0.3) is 0 Å². The van der Waals surface area contributed by atoms with Crippen molar-refractivity contribution in [3.8, 4) is 0 Å². The van der Waals surface area contributed by atoms with Gasteiger partial charge < -0.3 is 15.4 Å². The number of amides is 2. The fourth-order valence-electron chi connectivity index (χ4n) is 5.24. The number of benzene rings is 3. The minimum Gasteiger partial charge on any atom is -0.459 e. The molecular weight excluding hydrogens is 474 g/mol. The number of carbonyl (C=O) groups is 2. The molecule has 200 valence electrons. The molecule has 2 N–H and O–H groups in total. The fraction of sp³-hybridized carbons (Fsp3) is 0.375. The Morgan fingerprint density at radius 2 is 1.47 bits per heavy atom. The molecule has 3 unspecified atom stereocenters. The normalized spacial score (nSPS) is 20.3. The molecule has 0 saturated carbocycles. The maximum atomic E-state index is 13.1. The van der Waals surface area contributed by atoms with E-state index in [-0.39, 0.29) is 36.5 Å². The number of hydrogen-bond donors (Lipinski definition) is 2. The van der Waals surface area contributed by atoms with Crippen molar-refractivity contribution in [2.45, 2.75) is 64.1 Å². The van der Waals surface area contributed by atoms with Crippen LogP contribution in [0.1, 0.15) is 62.3 Å². The minimum absolute atomic E-state index is 0.000142. The van der Waals surface area contributed by atoms with Crippen LogP contribution < -0.4 is 10.6 Å². The number of carbonyl (C=O) groups excluding carboxylic acids is 2. The van der Waals surface area contributed by atoms with Gasteiger partial charge in [0.2, 0.25) is 0 Å². The first-order chi connectivity index (χ1) is 18.2. The predicted molar refractivity (Wildman–Crippen MR) is 152 cm³/mol. The number of rotatable bonds is 6. The van der Waals surface area contributed by atoms with Crippen LogP contribution in [-0.4, -0.2) is 41.6 Å². The van der Waals surface area contributed by atoms with Gasteiger partial charge in [-0.05, 0) is 69.2 Å². The van der Waals surface area contributed by atoms with Gasteiger partial charge in [-0.25, -0.2) is 4.79 Å². The SMILES string of the molecule is Cc1ccccc1NC(=O)NC1CC(c2ccccc2)CC(c2ccccc2)N(CC(=O)OC(C)(C)C)C1. The molecule has 6 nitrogen and oxygen atoms in total. The lowest BCUT2D eigenvalue weighted by Crippen LogP contribution is -2.47. The number of urea groups is 1. The maximum absolute atomic E-state index is 13.1. The second-order valence-electron chi connectivity index (χ2n) is 11.1. The molecule has 38 heavy (non-hydrogen) atoms. The van der Waals surface area contributed by atoms with Gasteiger partial charge in [0.1, 0.15) is 5.60 Å². The zero-order valence-corrected chi connectivity index (χ0v) is 22.8. The van der Waals surface area contributed by atoms with E-state index in [1.165, 1.54) is 5.56 Å². The molecule has 3 aromatic carbocycles. The molecule has 1 fully saturated rings. The summed E-state index contributed by atoms with van der Waals surface area (Å²) in [5.74, 6) is -0.0616. The molecule has 3 atom stereocenters. The van der Waals surface area contributed by atoms with Crippen molar-refractivity contribution in [1.82, 2.24) is 10.2 Å². The van der Waals surface area contributed by atoms with Crippen LogP contribution in [-0.2, 0) is 9.53 Å². The zero-order chi connectivity index (χ0) is 27.1. The molecule has 6 heteroatoms. The summed E-state index contributed by atoms with van der Waals surface area (Å²) < 4.78 is 5.71. The highest BCUT2D eigenvalue weighted by molar-refractivity contribution is 5.90. The van der Waals surface area contributed by atoms with Gasteiger partial charge in [-0.15, -0.1) is 0 Å². The summed E-state index contributed by atoms with van der Waals surface area (Å²) in [5.41, 5.74) is 3.61. The molecule has 1 saturated heterocycles. The molecule has 1 aliphatic rings. The van der Waals surface area contributed by atoms with E-state index in [1.807, 2.05) is 76.2 Å². The number of esters is 1. The van der Waals surface area contributed by atoms with Gasteiger partial charge >= 0.3 is 12.0 Å². The van der Waals surface area contributed by atoms with Gasteiger partial charge in [-0.1, -0.05) is 78.9 Å². The molecule has 0 spiro atoms. The van der Waals surface area contributed by atoms with Crippen molar-refractivity contribution >= 4 is 17.7 Å². The van der Waals surface area contributed by atoms with E-state index in [0.717, 1.165) is 29.7 Å². The second kappa shape index (κ2) is 12.3. The third kappa shape index (κ3) is 7.68. The van der Waals surface area contributed by atoms with Crippen molar-refractivity contribution in [1.29, 1.82) is 0 Å². The molecule has 0 radical (unpaired) electrons. The summed E-state index contributed by atoms with van der Waals surface area (Å²) in [7, 11) is 0. The Kier molecular flexibility index (Phi) is 8.85. The largest absolute Gasteiger partial charge is 0.459 e. The minimum atomic E-state index is -0.567. The van der Waals surface area contributed by atoms with Gasteiger partial charge in [0.15, 0.2) is 0 Å². The Bertz CT molecular complexity index is 1210. The summed E-state index contributed by atoms with van der Waals surface area (Å²) in [6.45, 7) is 8.30. The van der Waals surface area contributed by atoms with Crippen molar-refractivity contribution in [3.05, 3.63) is 102 Å². The predicted octanol–water partition coefficient (Wildman–Crippen LogP) is 6.45. The Hall–Kier alpha value is -3.64. The van der Waals surface area contributed by atoms with E-state index in [9.17, 15) is 9.59 Å². The average molecular weight is 514 g/mol. The lowest BCUT2D eigenvalue weighted by atomic mass is 9.86. The maximum Gasteiger partial charge on any atom is 0.320 e. The van der Waals surface area contributed by atoms with Crippen LogP contribution in [0.5, 0.6) is 0 Å². The third-order valence-corrected chi connectivity index (χ3v) is 6.91. The van der Waals surface area contributed by atoms with Crippen molar-refractivity contribution in [2.75, 3.05) is 18.4 Å². The monoisotopic (exact) mass is 513 g/mol. The summed E-state index contributed by atoms with van der Waals surface area (Å²) in [6, 6.07) is 28.1. The lowest BCUT2D eigenvalue weighted by molar-refractivity contribution is -0.156. The summed E-state index contributed by atoms with van der Waals surface area (Å²) >= 11 is 0. The number of anilines is 1.